The Morgan fingerprint density at radius 2 is 2.13 bits per heavy atom. The number of rotatable bonds is 5. The van der Waals surface area contributed by atoms with Gasteiger partial charge in [0.05, 0.1) is 11.9 Å². The van der Waals surface area contributed by atoms with Gasteiger partial charge in [-0.25, -0.2) is 8.78 Å². The second-order valence-electron chi connectivity index (χ2n) is 3.04. The summed E-state index contributed by atoms with van der Waals surface area (Å²) in [6.45, 7) is 0.0737. The highest BCUT2D eigenvalue weighted by molar-refractivity contribution is 5.17. The quantitative estimate of drug-likeness (QED) is 0.673. The number of alkyl halides is 2. The number of hydrogen-bond donors (Lipinski definition) is 3. The average molecular weight is 218 g/mol. The third kappa shape index (κ3) is 4.18. The maximum Gasteiger partial charge on any atom is 0.265 e. The van der Waals surface area contributed by atoms with E-state index in [1.54, 1.807) is 6.07 Å². The van der Waals surface area contributed by atoms with Crippen molar-refractivity contribution in [2.24, 2.45) is 0 Å². The molecule has 0 amide bonds. The van der Waals surface area contributed by atoms with Crippen molar-refractivity contribution in [3.8, 4) is 5.75 Å². The Kier molecular flexibility index (Phi) is 4.38. The molecule has 0 bridgehead atoms. The molecule has 15 heavy (non-hydrogen) atoms. The van der Waals surface area contributed by atoms with Crippen molar-refractivity contribution < 1.29 is 19.0 Å². The first-order chi connectivity index (χ1) is 7.09. The lowest BCUT2D eigenvalue weighted by Gasteiger charge is -2.10. The van der Waals surface area contributed by atoms with Crippen LogP contribution in [0.25, 0.3) is 0 Å². The lowest BCUT2D eigenvalue weighted by molar-refractivity contribution is -0.00344. The molecule has 1 atom stereocenters. The number of aliphatic hydroxyl groups is 1. The molecule has 0 radical (unpaired) electrons. The molecule has 0 aliphatic heterocycles. The van der Waals surface area contributed by atoms with Crippen molar-refractivity contribution in [3.63, 3.8) is 0 Å². The number of halogens is 2. The van der Waals surface area contributed by atoms with Gasteiger partial charge in [0.25, 0.3) is 6.43 Å². The Morgan fingerprint density at radius 3 is 2.67 bits per heavy atom. The third-order valence-electron chi connectivity index (χ3n) is 1.76. The zero-order chi connectivity index (χ0) is 11.3. The molecule has 84 valence electrons. The predicted molar refractivity (Wildman–Crippen MR) is 49.6 cm³/mol. The second kappa shape index (κ2) is 5.57. The summed E-state index contributed by atoms with van der Waals surface area (Å²) in [6, 6.07) is 3.02. The minimum atomic E-state index is -2.75. The fraction of sp³-hybridized carbons (Fsp3) is 0.444. The van der Waals surface area contributed by atoms with Crippen LogP contribution in [0.5, 0.6) is 5.75 Å². The van der Waals surface area contributed by atoms with Crippen LogP contribution >= 0.6 is 0 Å². The van der Waals surface area contributed by atoms with Gasteiger partial charge in [0.2, 0.25) is 0 Å². The number of aliphatic hydroxyl groups excluding tert-OH is 1. The van der Waals surface area contributed by atoms with Gasteiger partial charge in [0, 0.05) is 13.1 Å². The molecule has 6 heteroatoms. The van der Waals surface area contributed by atoms with Crippen LogP contribution in [-0.2, 0) is 6.54 Å². The van der Waals surface area contributed by atoms with Gasteiger partial charge in [0.15, 0.2) is 0 Å². The fourth-order valence-corrected chi connectivity index (χ4v) is 0.958. The van der Waals surface area contributed by atoms with Crippen LogP contribution in [0.15, 0.2) is 18.3 Å². The molecule has 1 aromatic rings. The van der Waals surface area contributed by atoms with E-state index in [1.807, 2.05) is 0 Å². The molecule has 0 spiro atoms. The van der Waals surface area contributed by atoms with Gasteiger partial charge in [-0.3, -0.25) is 4.98 Å². The molecule has 1 aromatic heterocycles. The molecule has 0 saturated carbocycles. The van der Waals surface area contributed by atoms with Gasteiger partial charge < -0.3 is 15.5 Å². The first-order valence-corrected chi connectivity index (χ1v) is 4.40. The van der Waals surface area contributed by atoms with E-state index in [0.717, 1.165) is 0 Å². The Bertz CT molecular complexity index is 293. The van der Waals surface area contributed by atoms with E-state index in [9.17, 15) is 8.78 Å². The number of nitrogens with one attached hydrogen (secondary N) is 1. The normalized spacial score (nSPS) is 13.1. The van der Waals surface area contributed by atoms with Crippen molar-refractivity contribution in [1.82, 2.24) is 10.3 Å². The Morgan fingerprint density at radius 1 is 1.40 bits per heavy atom. The summed E-state index contributed by atoms with van der Waals surface area (Å²) in [4.78, 5) is 3.84. The highest BCUT2D eigenvalue weighted by atomic mass is 19.3. The summed E-state index contributed by atoms with van der Waals surface area (Å²) in [5.74, 6) is 0.0476. The summed E-state index contributed by atoms with van der Waals surface area (Å²) in [6.07, 6.45) is -3.15. The molecule has 0 aliphatic carbocycles. The molecule has 0 aromatic carbocycles. The third-order valence-corrected chi connectivity index (χ3v) is 1.76. The topological polar surface area (TPSA) is 65.4 Å². The first-order valence-electron chi connectivity index (χ1n) is 4.40. The number of pyridine rings is 1. The van der Waals surface area contributed by atoms with Crippen molar-refractivity contribution in [1.29, 1.82) is 0 Å². The van der Waals surface area contributed by atoms with E-state index in [4.69, 9.17) is 10.2 Å². The van der Waals surface area contributed by atoms with Crippen LogP contribution in [0, 0.1) is 0 Å². The fourth-order valence-electron chi connectivity index (χ4n) is 0.958. The molecular formula is C9H12F2N2O2. The van der Waals surface area contributed by atoms with E-state index in [-0.39, 0.29) is 18.8 Å². The lowest BCUT2D eigenvalue weighted by Crippen LogP contribution is -2.31. The minimum absolute atomic E-state index is 0.0476. The molecule has 0 aliphatic rings. The summed E-state index contributed by atoms with van der Waals surface area (Å²) in [5, 5.41) is 20.3. The van der Waals surface area contributed by atoms with Crippen molar-refractivity contribution in [2.45, 2.75) is 19.1 Å². The van der Waals surface area contributed by atoms with E-state index >= 15 is 0 Å². The van der Waals surface area contributed by atoms with Crippen LogP contribution < -0.4 is 5.32 Å². The van der Waals surface area contributed by atoms with Gasteiger partial charge in [-0.2, -0.15) is 0 Å². The monoisotopic (exact) mass is 218 g/mol. The molecule has 0 fully saturated rings. The van der Waals surface area contributed by atoms with E-state index in [2.05, 4.69) is 10.3 Å². The standard InChI is InChI=1S/C9H12F2N2O2/c10-9(11)8(15)5-12-3-6-1-2-7(14)4-13-6/h1-2,4,8-9,12,14-15H,3,5H2. The largest absolute Gasteiger partial charge is 0.506 e. The van der Waals surface area contributed by atoms with Crippen LogP contribution in [0.2, 0.25) is 0 Å². The maximum atomic E-state index is 11.9. The van der Waals surface area contributed by atoms with Crippen molar-refractivity contribution >= 4 is 0 Å². The van der Waals surface area contributed by atoms with Gasteiger partial charge >= 0.3 is 0 Å². The number of nitrogens with zero attached hydrogens (tertiary/aromatic N) is 1. The molecule has 1 unspecified atom stereocenters. The van der Waals surface area contributed by atoms with Crippen LogP contribution in [0.4, 0.5) is 8.78 Å². The summed E-state index contributed by atoms with van der Waals surface area (Å²) < 4.78 is 23.7. The first kappa shape index (κ1) is 11.8. The smallest absolute Gasteiger partial charge is 0.265 e. The van der Waals surface area contributed by atoms with E-state index in [0.29, 0.717) is 5.69 Å². The highest BCUT2D eigenvalue weighted by Gasteiger charge is 2.15. The molecule has 0 saturated heterocycles. The van der Waals surface area contributed by atoms with Gasteiger partial charge in [-0.05, 0) is 12.1 Å². The van der Waals surface area contributed by atoms with E-state index < -0.39 is 12.5 Å². The van der Waals surface area contributed by atoms with Gasteiger partial charge in [-0.15, -0.1) is 0 Å². The molecular weight excluding hydrogens is 206 g/mol. The Hall–Kier alpha value is -1.27. The number of hydrogen-bond acceptors (Lipinski definition) is 4. The minimum Gasteiger partial charge on any atom is -0.506 e. The lowest BCUT2D eigenvalue weighted by atomic mass is 10.3. The van der Waals surface area contributed by atoms with Gasteiger partial charge in [0.1, 0.15) is 11.9 Å². The predicted octanol–water partition coefficient (Wildman–Crippen LogP) is 0.503. The maximum absolute atomic E-state index is 11.9. The Balaban J connectivity index is 2.29. The van der Waals surface area contributed by atoms with Gasteiger partial charge in [-0.1, -0.05) is 0 Å². The molecule has 1 heterocycles. The van der Waals surface area contributed by atoms with Crippen LogP contribution in [0.3, 0.4) is 0 Å². The van der Waals surface area contributed by atoms with Crippen LogP contribution in [-0.4, -0.2) is 34.3 Å². The van der Waals surface area contributed by atoms with Crippen molar-refractivity contribution in [3.05, 3.63) is 24.0 Å². The summed E-state index contributed by atoms with van der Waals surface area (Å²) >= 11 is 0. The molecule has 1 rings (SSSR count). The number of aromatic nitrogens is 1. The van der Waals surface area contributed by atoms with Crippen LogP contribution in [0.1, 0.15) is 5.69 Å². The zero-order valence-corrected chi connectivity index (χ0v) is 7.90. The summed E-state index contributed by atoms with van der Waals surface area (Å²) in [7, 11) is 0. The highest BCUT2D eigenvalue weighted by Crippen LogP contribution is 2.05. The molecule has 3 N–H and O–H groups in total. The number of aromatic hydroxyl groups is 1. The SMILES string of the molecule is Oc1ccc(CNCC(O)C(F)F)nc1. The zero-order valence-electron chi connectivity index (χ0n) is 7.90. The van der Waals surface area contributed by atoms with E-state index in [1.165, 1.54) is 12.3 Å². The molecule has 4 nitrogen and oxygen atoms in total. The Labute approximate surface area is 85.6 Å². The summed E-state index contributed by atoms with van der Waals surface area (Å²) in [5.41, 5.74) is 0.606. The average Bonchev–Trinajstić information content (AvgIpc) is 2.20. The van der Waals surface area contributed by atoms with Crippen molar-refractivity contribution in [2.75, 3.05) is 6.54 Å². The second-order valence-corrected chi connectivity index (χ2v) is 3.04.